The van der Waals surface area contributed by atoms with Crippen LogP contribution in [-0.2, 0) is 11.2 Å². The molecule has 1 fully saturated rings. The highest BCUT2D eigenvalue weighted by molar-refractivity contribution is 14.0. The van der Waals surface area contributed by atoms with Crippen molar-refractivity contribution in [3.05, 3.63) is 35.9 Å². The van der Waals surface area contributed by atoms with Crippen LogP contribution in [0.15, 0.2) is 35.3 Å². The monoisotopic (exact) mass is 444 g/mol. The molecule has 1 amide bonds. The number of carbonyl (C=O) groups excluding carboxylic acids is 1. The van der Waals surface area contributed by atoms with E-state index in [1.165, 1.54) is 5.56 Å². The lowest BCUT2D eigenvalue weighted by Gasteiger charge is -2.23. The molecule has 5 nitrogen and oxygen atoms in total. The molecule has 0 aliphatic carbocycles. The van der Waals surface area contributed by atoms with E-state index in [4.69, 9.17) is 0 Å². The summed E-state index contributed by atoms with van der Waals surface area (Å²) in [7, 11) is 1.76. The van der Waals surface area contributed by atoms with Crippen molar-refractivity contribution in [2.75, 3.05) is 33.2 Å². The number of carbonyl (C=O) groups is 1. The van der Waals surface area contributed by atoms with Crippen molar-refractivity contribution in [2.24, 2.45) is 10.4 Å². The Morgan fingerprint density at radius 2 is 1.96 bits per heavy atom. The van der Waals surface area contributed by atoms with E-state index in [-0.39, 0.29) is 36.4 Å². The Hall–Kier alpha value is -1.31. The first-order valence-electron chi connectivity index (χ1n) is 8.26. The minimum absolute atomic E-state index is 0. The van der Waals surface area contributed by atoms with E-state index < -0.39 is 0 Å². The molecule has 0 bridgehead atoms. The molecule has 0 spiro atoms. The van der Waals surface area contributed by atoms with Gasteiger partial charge in [-0.15, -0.1) is 24.0 Å². The third-order valence-corrected chi connectivity index (χ3v) is 4.17. The zero-order chi connectivity index (χ0) is 16.7. The molecule has 0 saturated carbocycles. The van der Waals surface area contributed by atoms with Crippen LogP contribution in [0.3, 0.4) is 0 Å². The molecule has 1 aromatic rings. The summed E-state index contributed by atoms with van der Waals surface area (Å²) in [6.45, 7) is 7.40. The minimum atomic E-state index is 0. The van der Waals surface area contributed by atoms with E-state index in [0.29, 0.717) is 12.0 Å². The Bertz CT molecular complexity index is 545. The van der Waals surface area contributed by atoms with Crippen LogP contribution in [0.1, 0.15) is 25.8 Å². The SMILES string of the molecule is CN=C(NCC(=O)NCCc1ccccc1)N1CCC(C)(C)C1.I. The van der Waals surface area contributed by atoms with E-state index in [2.05, 4.69) is 46.5 Å². The fraction of sp³-hybridized carbons (Fsp3) is 0.556. The number of rotatable bonds is 5. The van der Waals surface area contributed by atoms with Crippen molar-refractivity contribution in [3.63, 3.8) is 0 Å². The number of halogens is 1. The van der Waals surface area contributed by atoms with E-state index in [1.807, 2.05) is 18.2 Å². The summed E-state index contributed by atoms with van der Waals surface area (Å²) in [5, 5.41) is 6.10. The molecule has 1 heterocycles. The summed E-state index contributed by atoms with van der Waals surface area (Å²) in [6.07, 6.45) is 2.00. The first-order valence-corrected chi connectivity index (χ1v) is 8.26. The first kappa shape index (κ1) is 20.7. The second-order valence-corrected chi connectivity index (χ2v) is 6.82. The van der Waals surface area contributed by atoms with Crippen LogP contribution < -0.4 is 10.6 Å². The average Bonchev–Trinajstić information content (AvgIpc) is 2.89. The molecule has 1 aromatic carbocycles. The van der Waals surface area contributed by atoms with Crippen molar-refractivity contribution in [1.82, 2.24) is 15.5 Å². The van der Waals surface area contributed by atoms with Gasteiger partial charge in [-0.1, -0.05) is 44.2 Å². The number of likely N-dealkylation sites (tertiary alicyclic amines) is 1. The molecule has 0 radical (unpaired) electrons. The van der Waals surface area contributed by atoms with E-state index in [9.17, 15) is 4.79 Å². The van der Waals surface area contributed by atoms with Gasteiger partial charge >= 0.3 is 0 Å². The van der Waals surface area contributed by atoms with Gasteiger partial charge in [0.15, 0.2) is 5.96 Å². The second kappa shape index (κ2) is 9.86. The largest absolute Gasteiger partial charge is 0.354 e. The van der Waals surface area contributed by atoms with Gasteiger partial charge in [-0.3, -0.25) is 9.79 Å². The Balaban J connectivity index is 0.00000288. The first-order chi connectivity index (χ1) is 11.0. The van der Waals surface area contributed by atoms with Gasteiger partial charge in [-0.2, -0.15) is 0 Å². The highest BCUT2D eigenvalue weighted by atomic mass is 127. The van der Waals surface area contributed by atoms with Crippen molar-refractivity contribution in [3.8, 4) is 0 Å². The predicted molar refractivity (Wildman–Crippen MR) is 110 cm³/mol. The number of hydrogen-bond donors (Lipinski definition) is 2. The average molecular weight is 444 g/mol. The number of nitrogens with one attached hydrogen (secondary N) is 2. The van der Waals surface area contributed by atoms with Crippen LogP contribution in [0.25, 0.3) is 0 Å². The maximum absolute atomic E-state index is 11.9. The van der Waals surface area contributed by atoms with Crippen LogP contribution >= 0.6 is 24.0 Å². The number of aliphatic imine (C=N–C) groups is 1. The summed E-state index contributed by atoms with van der Waals surface area (Å²) >= 11 is 0. The molecule has 2 rings (SSSR count). The molecule has 1 aliphatic heterocycles. The Labute approximate surface area is 162 Å². The summed E-state index contributed by atoms with van der Waals surface area (Å²) < 4.78 is 0. The number of amides is 1. The molecule has 6 heteroatoms. The summed E-state index contributed by atoms with van der Waals surface area (Å²) in [4.78, 5) is 18.5. The van der Waals surface area contributed by atoms with Gasteiger partial charge in [0.2, 0.25) is 5.91 Å². The van der Waals surface area contributed by atoms with Gasteiger partial charge in [0.1, 0.15) is 0 Å². The van der Waals surface area contributed by atoms with Gasteiger partial charge in [0, 0.05) is 26.7 Å². The molecule has 0 aromatic heterocycles. The van der Waals surface area contributed by atoms with Crippen molar-refractivity contribution in [1.29, 1.82) is 0 Å². The molecule has 0 unspecified atom stereocenters. The fourth-order valence-corrected chi connectivity index (χ4v) is 2.84. The van der Waals surface area contributed by atoms with Crippen molar-refractivity contribution in [2.45, 2.75) is 26.7 Å². The maximum Gasteiger partial charge on any atom is 0.239 e. The minimum Gasteiger partial charge on any atom is -0.354 e. The molecule has 1 saturated heterocycles. The van der Waals surface area contributed by atoms with Gasteiger partial charge < -0.3 is 15.5 Å². The molecular weight excluding hydrogens is 415 g/mol. The second-order valence-electron chi connectivity index (χ2n) is 6.82. The fourth-order valence-electron chi connectivity index (χ4n) is 2.84. The molecular formula is C18H29IN4O. The van der Waals surface area contributed by atoms with Gasteiger partial charge in [-0.25, -0.2) is 0 Å². The third kappa shape index (κ3) is 6.67. The van der Waals surface area contributed by atoms with Crippen molar-refractivity contribution >= 4 is 35.8 Å². The zero-order valence-electron chi connectivity index (χ0n) is 14.8. The number of guanidine groups is 1. The van der Waals surface area contributed by atoms with E-state index in [1.54, 1.807) is 7.05 Å². The molecule has 2 N–H and O–H groups in total. The lowest BCUT2D eigenvalue weighted by atomic mass is 9.93. The number of nitrogens with zero attached hydrogens (tertiary/aromatic N) is 2. The highest BCUT2D eigenvalue weighted by Crippen LogP contribution is 2.28. The zero-order valence-corrected chi connectivity index (χ0v) is 17.2. The normalized spacial score (nSPS) is 16.5. The predicted octanol–water partition coefficient (Wildman–Crippen LogP) is 2.27. The van der Waals surface area contributed by atoms with Crippen LogP contribution in [0.4, 0.5) is 0 Å². The summed E-state index contributed by atoms with van der Waals surface area (Å²) in [5.74, 6) is 0.814. The molecule has 24 heavy (non-hydrogen) atoms. The Morgan fingerprint density at radius 3 is 2.54 bits per heavy atom. The van der Waals surface area contributed by atoms with Gasteiger partial charge in [0.25, 0.3) is 0 Å². The van der Waals surface area contributed by atoms with Crippen LogP contribution in [-0.4, -0.2) is 50.0 Å². The lowest BCUT2D eigenvalue weighted by Crippen LogP contribution is -2.45. The number of hydrogen-bond acceptors (Lipinski definition) is 2. The quantitative estimate of drug-likeness (QED) is 0.416. The highest BCUT2D eigenvalue weighted by Gasteiger charge is 2.30. The number of benzene rings is 1. The third-order valence-electron chi connectivity index (χ3n) is 4.17. The molecule has 134 valence electrons. The molecule has 1 aliphatic rings. The summed E-state index contributed by atoms with van der Waals surface area (Å²) in [6, 6.07) is 10.2. The van der Waals surface area contributed by atoms with Crippen LogP contribution in [0, 0.1) is 5.41 Å². The molecule has 0 atom stereocenters. The Morgan fingerprint density at radius 1 is 1.25 bits per heavy atom. The van der Waals surface area contributed by atoms with Crippen LogP contribution in [0.5, 0.6) is 0 Å². The van der Waals surface area contributed by atoms with Crippen molar-refractivity contribution < 1.29 is 4.79 Å². The van der Waals surface area contributed by atoms with E-state index in [0.717, 1.165) is 31.9 Å². The van der Waals surface area contributed by atoms with Gasteiger partial charge in [-0.05, 0) is 23.8 Å². The Kier molecular flexibility index (Phi) is 8.52. The summed E-state index contributed by atoms with van der Waals surface area (Å²) in [5.41, 5.74) is 1.55. The standard InChI is InChI=1S/C18H28N4O.HI/c1-18(2)10-12-22(14-18)17(19-3)21-13-16(23)20-11-9-15-7-5-4-6-8-15;/h4-8H,9-14H2,1-3H3,(H,19,21)(H,20,23);1H. The topological polar surface area (TPSA) is 56.7 Å². The van der Waals surface area contributed by atoms with Gasteiger partial charge in [0.05, 0.1) is 6.54 Å². The smallest absolute Gasteiger partial charge is 0.239 e. The maximum atomic E-state index is 11.9. The van der Waals surface area contributed by atoms with E-state index >= 15 is 0 Å². The van der Waals surface area contributed by atoms with Crippen LogP contribution in [0.2, 0.25) is 0 Å². The lowest BCUT2D eigenvalue weighted by molar-refractivity contribution is -0.120.